The van der Waals surface area contributed by atoms with Gasteiger partial charge in [0.15, 0.2) is 0 Å². The fourth-order valence-corrected chi connectivity index (χ4v) is 2.98. The van der Waals surface area contributed by atoms with Crippen LogP contribution in [0.3, 0.4) is 0 Å². The monoisotopic (exact) mass is 554 g/mol. The highest BCUT2D eigenvalue weighted by Crippen LogP contribution is 2.06. The van der Waals surface area contributed by atoms with Gasteiger partial charge in [-0.15, -0.1) is 0 Å². The van der Waals surface area contributed by atoms with Crippen molar-refractivity contribution >= 4 is 6.16 Å². The molecule has 0 rings (SSSR count). The Hall–Kier alpha value is -1.05. The predicted octanol–water partition coefficient (Wildman–Crippen LogP) is 3.64. The summed E-state index contributed by atoms with van der Waals surface area (Å²) >= 11 is 0. The summed E-state index contributed by atoms with van der Waals surface area (Å²) in [6, 6.07) is 0. The number of ether oxygens (including phenoxy) is 10. The second-order valence-corrected chi connectivity index (χ2v) is 9.88. The van der Waals surface area contributed by atoms with Crippen LogP contribution in [-0.4, -0.2) is 122 Å². The first-order valence-electron chi connectivity index (χ1n) is 13.5. The molecule has 0 aliphatic rings. The van der Waals surface area contributed by atoms with Gasteiger partial charge in [0, 0.05) is 14.2 Å². The van der Waals surface area contributed by atoms with Gasteiger partial charge in [-0.25, -0.2) is 4.79 Å². The second kappa shape index (κ2) is 22.7. The van der Waals surface area contributed by atoms with Gasteiger partial charge in [0.2, 0.25) is 0 Å². The Morgan fingerprint density at radius 3 is 0.842 bits per heavy atom. The largest absolute Gasteiger partial charge is 0.508 e. The zero-order chi connectivity index (χ0) is 28.9. The molecule has 0 saturated carbocycles. The van der Waals surface area contributed by atoms with E-state index in [0.29, 0.717) is 39.6 Å². The van der Waals surface area contributed by atoms with E-state index in [1.165, 1.54) is 0 Å². The third kappa shape index (κ3) is 21.8. The van der Waals surface area contributed by atoms with Crippen LogP contribution in [0.5, 0.6) is 0 Å². The van der Waals surface area contributed by atoms with Gasteiger partial charge in [-0.1, -0.05) is 0 Å². The van der Waals surface area contributed by atoms with E-state index in [2.05, 4.69) is 0 Å². The predicted molar refractivity (Wildman–Crippen MR) is 143 cm³/mol. The maximum absolute atomic E-state index is 12.1. The molecule has 11 heteroatoms. The molecule has 0 saturated heterocycles. The van der Waals surface area contributed by atoms with E-state index in [9.17, 15) is 4.79 Å². The molecule has 228 valence electrons. The average Bonchev–Trinajstić information content (AvgIpc) is 2.86. The highest BCUT2D eigenvalue weighted by molar-refractivity contribution is 5.60. The Labute approximate surface area is 230 Å². The van der Waals surface area contributed by atoms with E-state index < -0.39 is 18.4 Å². The number of rotatable bonds is 24. The minimum atomic E-state index is -0.767. The van der Waals surface area contributed by atoms with Gasteiger partial charge in [-0.05, 0) is 55.4 Å². The Morgan fingerprint density at radius 1 is 0.395 bits per heavy atom. The van der Waals surface area contributed by atoms with Crippen LogP contribution in [0.2, 0.25) is 0 Å². The van der Waals surface area contributed by atoms with Crippen molar-refractivity contribution in [1.82, 2.24) is 0 Å². The molecular weight excluding hydrogens is 500 g/mol. The third-order valence-electron chi connectivity index (χ3n) is 5.09. The van der Waals surface area contributed by atoms with Crippen LogP contribution < -0.4 is 0 Å². The summed E-state index contributed by atoms with van der Waals surface area (Å²) in [6.07, 6.45) is -2.18. The normalized spacial score (nSPS) is 18.2. The lowest BCUT2D eigenvalue weighted by molar-refractivity contribution is -0.0964. The lowest BCUT2D eigenvalue weighted by Crippen LogP contribution is -2.31. The highest BCUT2D eigenvalue weighted by atomic mass is 16.7. The Balaban J connectivity index is 3.96. The van der Waals surface area contributed by atoms with Crippen molar-refractivity contribution in [2.24, 2.45) is 0 Å². The van der Waals surface area contributed by atoms with E-state index in [4.69, 9.17) is 47.4 Å². The standard InChI is InChI=1S/C27H54O11/c1-19(11-29-9)31-13-21(3)33-15-23(5)35-17-25(7)37-27(28)38-26(8)18-36-24(6)16-34-22(4)14-32-20(2)12-30-10/h19-26H,11-18H2,1-10H3. The fraction of sp³-hybridized carbons (Fsp3) is 0.963. The van der Waals surface area contributed by atoms with Crippen LogP contribution in [0.15, 0.2) is 0 Å². The van der Waals surface area contributed by atoms with Crippen LogP contribution >= 0.6 is 0 Å². The first kappa shape index (κ1) is 37.0. The van der Waals surface area contributed by atoms with Gasteiger partial charge in [0.1, 0.15) is 12.2 Å². The first-order valence-corrected chi connectivity index (χ1v) is 13.5. The molecule has 0 aromatic carbocycles. The van der Waals surface area contributed by atoms with Crippen molar-refractivity contribution in [1.29, 1.82) is 0 Å². The van der Waals surface area contributed by atoms with Crippen molar-refractivity contribution in [2.45, 2.75) is 104 Å². The Kier molecular flexibility index (Phi) is 22.1. The second-order valence-electron chi connectivity index (χ2n) is 9.88. The Bertz CT molecular complexity index is 519. The van der Waals surface area contributed by atoms with E-state index >= 15 is 0 Å². The molecule has 38 heavy (non-hydrogen) atoms. The molecular formula is C27H54O11. The van der Waals surface area contributed by atoms with Gasteiger partial charge in [-0.2, -0.15) is 0 Å². The molecule has 0 heterocycles. The van der Waals surface area contributed by atoms with Gasteiger partial charge in [0.25, 0.3) is 0 Å². The van der Waals surface area contributed by atoms with Crippen molar-refractivity contribution in [2.75, 3.05) is 67.1 Å². The van der Waals surface area contributed by atoms with Crippen LogP contribution in [0.25, 0.3) is 0 Å². The number of carbonyl (C=O) groups is 1. The lowest BCUT2D eigenvalue weighted by atomic mass is 10.3. The van der Waals surface area contributed by atoms with E-state index in [1.807, 2.05) is 41.5 Å². The SMILES string of the molecule is COCC(C)OCC(C)OCC(C)OCC(C)OC(=O)OC(C)COC(C)COC(C)COC(C)COC. The lowest BCUT2D eigenvalue weighted by Gasteiger charge is -2.22. The maximum Gasteiger partial charge on any atom is 0.508 e. The number of hydrogen-bond donors (Lipinski definition) is 0. The summed E-state index contributed by atoms with van der Waals surface area (Å²) < 4.78 is 54.8. The molecule has 0 aromatic heterocycles. The molecule has 0 N–H and O–H groups in total. The quantitative estimate of drug-likeness (QED) is 0.163. The molecule has 0 fully saturated rings. The smallest absolute Gasteiger partial charge is 0.429 e. The molecule has 11 nitrogen and oxygen atoms in total. The van der Waals surface area contributed by atoms with E-state index in [-0.39, 0.29) is 49.8 Å². The fourth-order valence-electron chi connectivity index (χ4n) is 2.98. The molecule has 0 bridgehead atoms. The number of methoxy groups -OCH3 is 2. The topological polar surface area (TPSA) is 109 Å². The summed E-state index contributed by atoms with van der Waals surface area (Å²) in [5.41, 5.74) is 0. The van der Waals surface area contributed by atoms with Crippen molar-refractivity contribution < 1.29 is 52.2 Å². The van der Waals surface area contributed by atoms with Gasteiger partial charge >= 0.3 is 6.16 Å². The molecule has 0 spiro atoms. The summed E-state index contributed by atoms with van der Waals surface area (Å²) in [7, 11) is 3.28. The minimum absolute atomic E-state index is 0.0130. The van der Waals surface area contributed by atoms with Gasteiger partial charge < -0.3 is 47.4 Å². The molecule has 0 aliphatic heterocycles. The van der Waals surface area contributed by atoms with E-state index in [1.54, 1.807) is 28.1 Å². The summed E-state index contributed by atoms with van der Waals surface area (Å²) in [6.45, 7) is 18.3. The van der Waals surface area contributed by atoms with Crippen LogP contribution in [0, 0.1) is 0 Å². The zero-order valence-electron chi connectivity index (χ0n) is 25.3. The van der Waals surface area contributed by atoms with E-state index in [0.717, 1.165) is 0 Å². The van der Waals surface area contributed by atoms with Crippen LogP contribution in [-0.2, 0) is 47.4 Å². The molecule has 0 aromatic rings. The molecule has 8 atom stereocenters. The van der Waals surface area contributed by atoms with Gasteiger partial charge in [0.05, 0.1) is 89.5 Å². The average molecular weight is 555 g/mol. The maximum atomic E-state index is 12.1. The summed E-state index contributed by atoms with van der Waals surface area (Å²) in [5, 5.41) is 0. The van der Waals surface area contributed by atoms with Crippen LogP contribution in [0.4, 0.5) is 4.79 Å². The summed E-state index contributed by atoms with van der Waals surface area (Å²) in [5.74, 6) is 0. The highest BCUT2D eigenvalue weighted by Gasteiger charge is 2.18. The molecule has 0 radical (unpaired) electrons. The number of hydrogen-bond acceptors (Lipinski definition) is 11. The third-order valence-corrected chi connectivity index (χ3v) is 5.09. The molecule has 8 unspecified atom stereocenters. The minimum Gasteiger partial charge on any atom is -0.429 e. The summed E-state index contributed by atoms with van der Waals surface area (Å²) in [4.78, 5) is 12.1. The molecule has 0 amide bonds. The van der Waals surface area contributed by atoms with Gasteiger partial charge in [-0.3, -0.25) is 0 Å². The molecule has 0 aliphatic carbocycles. The van der Waals surface area contributed by atoms with Crippen molar-refractivity contribution in [3.63, 3.8) is 0 Å². The van der Waals surface area contributed by atoms with Crippen LogP contribution in [0.1, 0.15) is 55.4 Å². The van der Waals surface area contributed by atoms with Crippen molar-refractivity contribution in [3.8, 4) is 0 Å². The van der Waals surface area contributed by atoms with Crippen molar-refractivity contribution in [3.05, 3.63) is 0 Å². The zero-order valence-corrected chi connectivity index (χ0v) is 25.3. The number of carbonyl (C=O) groups excluding carboxylic acids is 1. The Morgan fingerprint density at radius 2 is 0.605 bits per heavy atom. The first-order chi connectivity index (χ1) is 18.0.